The van der Waals surface area contributed by atoms with Crippen molar-refractivity contribution >= 4 is 0 Å². The van der Waals surface area contributed by atoms with Crippen molar-refractivity contribution in [1.82, 2.24) is 0 Å². The van der Waals surface area contributed by atoms with Crippen LogP contribution >= 0.6 is 0 Å². The molecule has 1 aliphatic rings. The summed E-state index contributed by atoms with van der Waals surface area (Å²) >= 11 is 0. The second-order valence-electron chi connectivity index (χ2n) is 4.35. The molecule has 0 unspecified atom stereocenters. The van der Waals surface area contributed by atoms with E-state index in [2.05, 4.69) is 12.2 Å². The fraction of sp³-hybridized carbons (Fsp3) is 0.429. The van der Waals surface area contributed by atoms with Gasteiger partial charge >= 0.3 is 0 Å². The lowest BCUT2D eigenvalue weighted by atomic mass is 9.85. The van der Waals surface area contributed by atoms with Crippen molar-refractivity contribution in [3.8, 4) is 0 Å². The van der Waals surface area contributed by atoms with Crippen molar-refractivity contribution in [1.29, 1.82) is 0 Å². The van der Waals surface area contributed by atoms with E-state index in [-0.39, 0.29) is 5.82 Å². The number of rotatable bonds is 3. The Kier molecular flexibility index (Phi) is 3.20. The predicted molar refractivity (Wildman–Crippen MR) is 61.3 cm³/mol. The van der Waals surface area contributed by atoms with Crippen LogP contribution < -0.4 is 0 Å². The first-order chi connectivity index (χ1) is 7.27. The minimum absolute atomic E-state index is 0.0930. The monoisotopic (exact) mass is 204 g/mol. The number of benzene rings is 1. The molecule has 0 bridgehead atoms. The summed E-state index contributed by atoms with van der Waals surface area (Å²) in [6.07, 6.45) is 9.37. The molecule has 0 nitrogen and oxygen atoms in total. The van der Waals surface area contributed by atoms with Gasteiger partial charge in [-0.15, -0.1) is 0 Å². The van der Waals surface area contributed by atoms with Crippen molar-refractivity contribution in [2.45, 2.75) is 32.6 Å². The fourth-order valence-corrected chi connectivity index (χ4v) is 1.89. The molecule has 0 aromatic heterocycles. The maximum Gasteiger partial charge on any atom is 0.126 e. The molecule has 0 spiro atoms. The van der Waals surface area contributed by atoms with Gasteiger partial charge < -0.3 is 0 Å². The minimum Gasteiger partial charge on any atom is -0.207 e. The molecule has 1 saturated carbocycles. The topological polar surface area (TPSA) is 0 Å². The van der Waals surface area contributed by atoms with Crippen molar-refractivity contribution in [3.63, 3.8) is 0 Å². The van der Waals surface area contributed by atoms with Gasteiger partial charge in [0.1, 0.15) is 5.82 Å². The fourth-order valence-electron chi connectivity index (χ4n) is 1.89. The van der Waals surface area contributed by atoms with Crippen molar-refractivity contribution in [3.05, 3.63) is 47.3 Å². The zero-order valence-electron chi connectivity index (χ0n) is 9.17. The standard InChI is InChI=1S/C14H17F/c1-11-13(9-4-10-14(11)15)8-3-7-12-5-2-6-12/h3-4,7,9-10,12H,2,5-6,8H2,1H3/b7-3-. The maximum atomic E-state index is 13.2. The lowest BCUT2D eigenvalue weighted by Gasteiger charge is -2.21. The van der Waals surface area contributed by atoms with Gasteiger partial charge in [0.25, 0.3) is 0 Å². The van der Waals surface area contributed by atoms with Gasteiger partial charge in [-0.3, -0.25) is 0 Å². The Hall–Kier alpha value is -1.11. The summed E-state index contributed by atoms with van der Waals surface area (Å²) in [5.74, 6) is 0.698. The Morgan fingerprint density at radius 1 is 1.40 bits per heavy atom. The quantitative estimate of drug-likeness (QED) is 0.652. The summed E-state index contributed by atoms with van der Waals surface area (Å²) in [5, 5.41) is 0. The third kappa shape index (κ3) is 2.47. The summed E-state index contributed by atoms with van der Waals surface area (Å²) in [6, 6.07) is 5.31. The Morgan fingerprint density at radius 2 is 2.20 bits per heavy atom. The smallest absolute Gasteiger partial charge is 0.126 e. The van der Waals surface area contributed by atoms with Gasteiger partial charge in [-0.05, 0) is 49.3 Å². The largest absolute Gasteiger partial charge is 0.207 e. The van der Waals surface area contributed by atoms with E-state index in [4.69, 9.17) is 0 Å². The highest BCUT2D eigenvalue weighted by Crippen LogP contribution is 2.27. The molecule has 0 atom stereocenters. The molecule has 0 radical (unpaired) electrons. The van der Waals surface area contributed by atoms with Crippen LogP contribution in [0, 0.1) is 18.7 Å². The van der Waals surface area contributed by atoms with E-state index in [1.807, 2.05) is 13.0 Å². The van der Waals surface area contributed by atoms with Crippen LogP contribution in [0.2, 0.25) is 0 Å². The summed E-state index contributed by atoms with van der Waals surface area (Å²) in [6.45, 7) is 1.85. The molecule has 2 rings (SSSR count). The zero-order chi connectivity index (χ0) is 10.7. The van der Waals surface area contributed by atoms with Gasteiger partial charge in [-0.25, -0.2) is 4.39 Å². The maximum absolute atomic E-state index is 13.2. The van der Waals surface area contributed by atoms with Crippen LogP contribution in [0.1, 0.15) is 30.4 Å². The van der Waals surface area contributed by atoms with Crippen molar-refractivity contribution < 1.29 is 4.39 Å². The Bertz CT molecular complexity index is 362. The summed E-state index contributed by atoms with van der Waals surface area (Å²) in [4.78, 5) is 0. The molecule has 1 aromatic rings. The molecular formula is C14H17F. The van der Waals surface area contributed by atoms with Crippen LogP contribution in [0.4, 0.5) is 4.39 Å². The van der Waals surface area contributed by atoms with Crippen LogP contribution in [0.5, 0.6) is 0 Å². The van der Waals surface area contributed by atoms with Crippen LogP contribution in [-0.2, 0) is 6.42 Å². The molecular weight excluding hydrogens is 187 g/mol. The highest BCUT2D eigenvalue weighted by Gasteiger charge is 2.13. The molecule has 0 heterocycles. The molecule has 1 aromatic carbocycles. The summed E-state index contributed by atoms with van der Waals surface area (Å²) in [7, 11) is 0. The third-order valence-electron chi connectivity index (χ3n) is 3.28. The molecule has 1 aliphatic carbocycles. The lowest BCUT2D eigenvalue weighted by molar-refractivity contribution is 0.387. The zero-order valence-corrected chi connectivity index (χ0v) is 9.17. The van der Waals surface area contributed by atoms with Crippen molar-refractivity contribution in [2.75, 3.05) is 0 Å². The van der Waals surface area contributed by atoms with Gasteiger partial charge in [0.15, 0.2) is 0 Å². The number of hydrogen-bond acceptors (Lipinski definition) is 0. The molecule has 0 aliphatic heterocycles. The van der Waals surface area contributed by atoms with E-state index < -0.39 is 0 Å². The van der Waals surface area contributed by atoms with E-state index in [9.17, 15) is 4.39 Å². The summed E-state index contributed by atoms with van der Waals surface area (Å²) in [5.41, 5.74) is 1.89. The average Bonchev–Trinajstić information content (AvgIpc) is 2.16. The Labute approximate surface area is 90.8 Å². The van der Waals surface area contributed by atoms with Gasteiger partial charge in [0.05, 0.1) is 0 Å². The Balaban J connectivity index is 1.97. The van der Waals surface area contributed by atoms with E-state index in [1.54, 1.807) is 6.07 Å². The minimum atomic E-state index is -0.0930. The highest BCUT2D eigenvalue weighted by molar-refractivity contribution is 5.29. The molecule has 0 amide bonds. The lowest BCUT2D eigenvalue weighted by Crippen LogP contribution is -2.07. The molecule has 1 heteroatoms. The number of halogens is 1. The molecule has 0 saturated heterocycles. The van der Waals surface area contributed by atoms with Crippen molar-refractivity contribution in [2.24, 2.45) is 5.92 Å². The summed E-state index contributed by atoms with van der Waals surface area (Å²) < 4.78 is 13.2. The predicted octanol–water partition coefficient (Wildman–Crippen LogP) is 4.03. The van der Waals surface area contributed by atoms with Crippen LogP contribution in [0.25, 0.3) is 0 Å². The van der Waals surface area contributed by atoms with Gasteiger partial charge in [-0.1, -0.05) is 30.7 Å². The van der Waals surface area contributed by atoms with Crippen LogP contribution in [0.3, 0.4) is 0 Å². The molecule has 15 heavy (non-hydrogen) atoms. The first-order valence-corrected chi connectivity index (χ1v) is 5.68. The number of hydrogen-bond donors (Lipinski definition) is 0. The first-order valence-electron chi connectivity index (χ1n) is 5.68. The SMILES string of the molecule is Cc1c(F)cccc1C/C=C\C1CCC1. The second kappa shape index (κ2) is 4.61. The number of allylic oxidation sites excluding steroid dienone is 2. The van der Waals surface area contributed by atoms with Gasteiger partial charge in [-0.2, -0.15) is 0 Å². The average molecular weight is 204 g/mol. The Morgan fingerprint density at radius 3 is 2.87 bits per heavy atom. The van der Waals surface area contributed by atoms with Crippen LogP contribution in [-0.4, -0.2) is 0 Å². The highest BCUT2D eigenvalue weighted by atomic mass is 19.1. The van der Waals surface area contributed by atoms with Gasteiger partial charge in [0.2, 0.25) is 0 Å². The van der Waals surface area contributed by atoms with E-state index in [1.165, 1.54) is 25.3 Å². The second-order valence-corrected chi connectivity index (χ2v) is 4.35. The van der Waals surface area contributed by atoms with Gasteiger partial charge in [0, 0.05) is 0 Å². The van der Waals surface area contributed by atoms with E-state index >= 15 is 0 Å². The molecule has 80 valence electrons. The van der Waals surface area contributed by atoms with E-state index in [0.717, 1.165) is 23.5 Å². The third-order valence-corrected chi connectivity index (χ3v) is 3.28. The van der Waals surface area contributed by atoms with E-state index in [0.29, 0.717) is 0 Å². The first kappa shape index (κ1) is 10.4. The normalized spacial score (nSPS) is 16.9. The molecule has 0 N–H and O–H groups in total. The molecule has 1 fully saturated rings. The van der Waals surface area contributed by atoms with Crippen LogP contribution in [0.15, 0.2) is 30.4 Å².